The topological polar surface area (TPSA) is 147 Å². The summed E-state index contributed by atoms with van der Waals surface area (Å²) in [5.41, 5.74) is 4.95. The van der Waals surface area contributed by atoms with E-state index in [1.54, 1.807) is 13.8 Å². The van der Waals surface area contributed by atoms with Gasteiger partial charge in [-0.15, -0.1) is 0 Å². The monoisotopic (exact) mass is 463 g/mol. The molecule has 0 heterocycles. The zero-order chi connectivity index (χ0) is 24.4. The van der Waals surface area contributed by atoms with Crippen LogP contribution in [0.25, 0.3) is 0 Å². The van der Waals surface area contributed by atoms with E-state index in [1.165, 1.54) is 0 Å². The Morgan fingerprint density at radius 2 is 1.25 bits per heavy atom. The second-order valence-corrected chi connectivity index (χ2v) is 8.10. The molecule has 2 atom stereocenters. The Balaban J connectivity index is 3.39. The molecule has 0 aromatic heterocycles. The number of carbonyl (C=O) groups is 3. The van der Waals surface area contributed by atoms with Gasteiger partial charge in [-0.05, 0) is 34.6 Å². The van der Waals surface area contributed by atoms with Crippen molar-refractivity contribution in [1.29, 1.82) is 0 Å². The van der Waals surface area contributed by atoms with Crippen LogP contribution < -0.4 is 16.4 Å². The minimum Gasteiger partial charge on any atom is -0.460 e. The summed E-state index contributed by atoms with van der Waals surface area (Å²) in [6.45, 7) is 12.0. The molecule has 0 aliphatic rings. The molecule has 0 aromatic carbocycles. The van der Waals surface area contributed by atoms with Crippen molar-refractivity contribution in [3.63, 3.8) is 0 Å². The lowest BCUT2D eigenvalue weighted by molar-refractivity contribution is -0.156. The van der Waals surface area contributed by atoms with Crippen LogP contribution in [-0.4, -0.2) is 94.9 Å². The first kappa shape index (κ1) is 30.2. The van der Waals surface area contributed by atoms with Crippen molar-refractivity contribution >= 4 is 17.8 Å². The van der Waals surface area contributed by atoms with Gasteiger partial charge in [0.2, 0.25) is 11.8 Å². The first-order chi connectivity index (χ1) is 15.0. The molecule has 11 heteroatoms. The fourth-order valence-corrected chi connectivity index (χ4v) is 2.12. The normalized spacial score (nSPS) is 13.3. The predicted octanol–water partition coefficient (Wildman–Crippen LogP) is -0.247. The van der Waals surface area contributed by atoms with Crippen molar-refractivity contribution in [2.24, 2.45) is 5.73 Å². The Morgan fingerprint density at radius 3 is 1.72 bits per heavy atom. The minimum absolute atomic E-state index is 0.215. The zero-order valence-corrected chi connectivity index (χ0v) is 20.1. The number of amides is 2. The van der Waals surface area contributed by atoms with Crippen LogP contribution in [0, 0.1) is 0 Å². The molecule has 188 valence electrons. The van der Waals surface area contributed by atoms with Gasteiger partial charge in [0.25, 0.3) is 0 Å². The molecule has 0 saturated carbocycles. The zero-order valence-electron chi connectivity index (χ0n) is 20.1. The van der Waals surface area contributed by atoms with Crippen LogP contribution >= 0.6 is 0 Å². The molecular formula is C21H41N3O8. The molecule has 0 spiro atoms. The van der Waals surface area contributed by atoms with Gasteiger partial charge in [0.05, 0.1) is 65.3 Å². The third-order valence-corrected chi connectivity index (χ3v) is 3.70. The predicted molar refractivity (Wildman–Crippen MR) is 118 cm³/mol. The second-order valence-electron chi connectivity index (χ2n) is 8.10. The van der Waals surface area contributed by atoms with Crippen molar-refractivity contribution in [3.8, 4) is 0 Å². The lowest BCUT2D eigenvalue weighted by Crippen LogP contribution is -2.49. The molecule has 32 heavy (non-hydrogen) atoms. The molecule has 0 aliphatic heterocycles. The van der Waals surface area contributed by atoms with E-state index < -0.39 is 17.7 Å². The molecule has 0 radical (unpaired) electrons. The summed E-state index contributed by atoms with van der Waals surface area (Å²) in [7, 11) is 0. The molecule has 0 fully saturated rings. The largest absolute Gasteiger partial charge is 0.460 e. The van der Waals surface area contributed by atoms with Gasteiger partial charge in [0, 0.05) is 6.54 Å². The Labute approximate surface area is 191 Å². The summed E-state index contributed by atoms with van der Waals surface area (Å²) >= 11 is 0. The lowest BCUT2D eigenvalue weighted by Gasteiger charge is -2.19. The molecule has 0 saturated heterocycles. The Hall–Kier alpha value is -1.79. The smallest absolute Gasteiger partial charge is 0.308 e. The van der Waals surface area contributed by atoms with Crippen LogP contribution in [0.1, 0.15) is 41.0 Å². The molecule has 0 unspecified atom stereocenters. The van der Waals surface area contributed by atoms with Gasteiger partial charge < -0.3 is 40.1 Å². The first-order valence-corrected chi connectivity index (χ1v) is 10.9. The van der Waals surface area contributed by atoms with Crippen molar-refractivity contribution < 1.29 is 38.1 Å². The van der Waals surface area contributed by atoms with Crippen LogP contribution in [0.2, 0.25) is 0 Å². The maximum absolute atomic E-state index is 11.8. The van der Waals surface area contributed by atoms with Crippen LogP contribution in [-0.2, 0) is 38.1 Å². The molecule has 2 amide bonds. The summed E-state index contributed by atoms with van der Waals surface area (Å²) < 4.78 is 26.6. The fourth-order valence-electron chi connectivity index (χ4n) is 2.12. The summed E-state index contributed by atoms with van der Waals surface area (Å²) in [6, 6.07) is -1.32. The molecule has 0 aromatic rings. The Morgan fingerprint density at radius 1 is 0.781 bits per heavy atom. The summed E-state index contributed by atoms with van der Waals surface area (Å²) in [5.74, 6) is -0.961. The number of carbonyl (C=O) groups excluding carboxylic acids is 3. The highest BCUT2D eigenvalue weighted by Gasteiger charge is 2.17. The van der Waals surface area contributed by atoms with Crippen molar-refractivity contribution in [2.45, 2.75) is 58.7 Å². The van der Waals surface area contributed by atoms with E-state index in [2.05, 4.69) is 10.6 Å². The van der Waals surface area contributed by atoms with Crippen LogP contribution in [0.3, 0.4) is 0 Å². The van der Waals surface area contributed by atoms with E-state index in [9.17, 15) is 14.4 Å². The summed E-state index contributed by atoms with van der Waals surface area (Å²) in [4.78, 5) is 34.7. The molecular weight excluding hydrogens is 422 g/mol. The molecule has 0 aliphatic carbocycles. The average Bonchev–Trinajstić information content (AvgIpc) is 2.69. The van der Waals surface area contributed by atoms with Crippen LogP contribution in [0.15, 0.2) is 0 Å². The first-order valence-electron chi connectivity index (χ1n) is 10.9. The summed E-state index contributed by atoms with van der Waals surface area (Å²) in [5, 5.41) is 5.18. The van der Waals surface area contributed by atoms with Gasteiger partial charge in [0.1, 0.15) is 11.6 Å². The third kappa shape index (κ3) is 18.9. The van der Waals surface area contributed by atoms with E-state index >= 15 is 0 Å². The van der Waals surface area contributed by atoms with E-state index in [4.69, 9.17) is 29.4 Å². The number of hydrogen-bond acceptors (Lipinski definition) is 9. The fraction of sp³-hybridized carbons (Fsp3) is 0.857. The van der Waals surface area contributed by atoms with Gasteiger partial charge in [-0.2, -0.15) is 0 Å². The van der Waals surface area contributed by atoms with E-state index in [1.807, 2.05) is 20.8 Å². The highest BCUT2D eigenvalue weighted by Crippen LogP contribution is 2.07. The SMILES string of the molecule is C[C@H](N)C(=O)N[C@@H](C)C(=O)NCCOCCOCCOCCOCCC(=O)OC(C)(C)C. The number of nitrogens with two attached hydrogens (primary N) is 1. The second kappa shape index (κ2) is 17.7. The van der Waals surface area contributed by atoms with Crippen LogP contribution in [0.5, 0.6) is 0 Å². The maximum Gasteiger partial charge on any atom is 0.308 e. The quantitative estimate of drug-likeness (QED) is 0.185. The third-order valence-electron chi connectivity index (χ3n) is 3.70. The highest BCUT2D eigenvalue weighted by molar-refractivity contribution is 5.89. The lowest BCUT2D eigenvalue weighted by atomic mass is 10.2. The number of ether oxygens (including phenoxy) is 5. The number of rotatable bonds is 18. The number of nitrogens with one attached hydrogen (secondary N) is 2. The van der Waals surface area contributed by atoms with Gasteiger partial charge in [0.15, 0.2) is 0 Å². The van der Waals surface area contributed by atoms with Crippen molar-refractivity contribution in [3.05, 3.63) is 0 Å². The van der Waals surface area contributed by atoms with Crippen molar-refractivity contribution in [2.75, 3.05) is 59.4 Å². The van der Waals surface area contributed by atoms with Gasteiger partial charge in [-0.1, -0.05) is 0 Å². The van der Waals surface area contributed by atoms with Crippen molar-refractivity contribution in [1.82, 2.24) is 10.6 Å². The van der Waals surface area contributed by atoms with Gasteiger partial charge in [-0.25, -0.2) is 0 Å². The molecule has 4 N–H and O–H groups in total. The number of hydrogen-bond donors (Lipinski definition) is 3. The van der Waals surface area contributed by atoms with Gasteiger partial charge in [-0.3, -0.25) is 14.4 Å². The van der Waals surface area contributed by atoms with E-state index in [-0.39, 0.29) is 24.2 Å². The Bertz CT molecular complexity index is 538. The Kier molecular flexibility index (Phi) is 16.7. The van der Waals surface area contributed by atoms with E-state index in [0.29, 0.717) is 59.4 Å². The molecule has 0 bridgehead atoms. The highest BCUT2D eigenvalue weighted by atomic mass is 16.6. The average molecular weight is 464 g/mol. The van der Waals surface area contributed by atoms with Crippen LogP contribution in [0.4, 0.5) is 0 Å². The standard InChI is InChI=1S/C21H41N3O8/c1-16(22)19(26)24-17(2)20(27)23-7-9-29-11-13-31-15-14-30-12-10-28-8-6-18(25)32-21(3,4)5/h16-17H,6-15,22H2,1-5H3,(H,23,27)(H,24,26)/t16-,17-/m0/s1. The summed E-state index contributed by atoms with van der Waals surface area (Å²) in [6.07, 6.45) is 0.215. The molecule has 11 nitrogen and oxygen atoms in total. The minimum atomic E-state index is -0.664. The maximum atomic E-state index is 11.8. The number of esters is 1. The van der Waals surface area contributed by atoms with E-state index in [0.717, 1.165) is 0 Å². The van der Waals surface area contributed by atoms with Gasteiger partial charge >= 0.3 is 5.97 Å². The molecule has 0 rings (SSSR count).